The van der Waals surface area contributed by atoms with Crippen molar-refractivity contribution in [3.8, 4) is 11.5 Å². The maximum atomic E-state index is 10.5. The molecular formula is C21H27NO3S. The van der Waals surface area contributed by atoms with E-state index in [2.05, 4.69) is 21.7 Å². The highest BCUT2D eigenvalue weighted by Gasteiger charge is 2.28. The van der Waals surface area contributed by atoms with Gasteiger partial charge in [-0.15, -0.1) is 0 Å². The van der Waals surface area contributed by atoms with Gasteiger partial charge in [0.25, 0.3) is 0 Å². The summed E-state index contributed by atoms with van der Waals surface area (Å²) in [5.74, 6) is 1.35. The van der Waals surface area contributed by atoms with E-state index in [0.29, 0.717) is 24.1 Å². The number of methoxy groups -OCH3 is 1. The Morgan fingerprint density at radius 3 is 2.96 bits per heavy atom. The van der Waals surface area contributed by atoms with Crippen LogP contribution in [-0.2, 0) is 0 Å². The molecule has 0 radical (unpaired) electrons. The smallest absolute Gasteiger partial charge is 0.161 e. The van der Waals surface area contributed by atoms with Gasteiger partial charge in [0.05, 0.1) is 7.11 Å². The molecule has 2 unspecified atom stereocenters. The first-order chi connectivity index (χ1) is 12.7. The van der Waals surface area contributed by atoms with E-state index in [-0.39, 0.29) is 6.61 Å². The summed E-state index contributed by atoms with van der Waals surface area (Å²) in [5, 5.41) is 14.8. The molecule has 1 aromatic carbocycles. The van der Waals surface area contributed by atoms with Crippen LogP contribution in [0.5, 0.6) is 11.5 Å². The second-order valence-electron chi connectivity index (χ2n) is 6.58. The Morgan fingerprint density at radius 1 is 1.35 bits per heavy atom. The van der Waals surface area contributed by atoms with E-state index in [1.54, 1.807) is 18.4 Å². The van der Waals surface area contributed by atoms with Gasteiger partial charge in [0.2, 0.25) is 0 Å². The van der Waals surface area contributed by atoms with Crippen molar-refractivity contribution in [3.05, 3.63) is 52.2 Å². The molecule has 1 fully saturated rings. The molecule has 3 rings (SSSR count). The highest BCUT2D eigenvalue weighted by molar-refractivity contribution is 7.07. The highest BCUT2D eigenvalue weighted by Crippen LogP contribution is 2.33. The van der Waals surface area contributed by atoms with E-state index in [4.69, 9.17) is 9.47 Å². The third-order valence-corrected chi connectivity index (χ3v) is 5.42. The minimum absolute atomic E-state index is 0.256. The van der Waals surface area contributed by atoms with Gasteiger partial charge in [0, 0.05) is 12.6 Å². The molecule has 1 saturated heterocycles. The molecule has 0 spiro atoms. The monoisotopic (exact) mass is 373 g/mol. The van der Waals surface area contributed by atoms with E-state index in [1.165, 1.54) is 12.0 Å². The van der Waals surface area contributed by atoms with Crippen molar-refractivity contribution < 1.29 is 14.6 Å². The fourth-order valence-corrected chi connectivity index (χ4v) is 4.20. The topological polar surface area (TPSA) is 41.9 Å². The number of hydrogen-bond donors (Lipinski definition) is 1. The molecule has 2 atom stereocenters. The lowest BCUT2D eigenvalue weighted by molar-refractivity contribution is 0.0630. The average molecular weight is 374 g/mol. The van der Waals surface area contributed by atoms with Gasteiger partial charge < -0.3 is 14.6 Å². The van der Waals surface area contributed by atoms with Crippen molar-refractivity contribution in [2.75, 3.05) is 26.8 Å². The summed E-state index contributed by atoms with van der Waals surface area (Å²) in [6.45, 7) is 3.89. The van der Waals surface area contributed by atoms with Crippen LogP contribution in [0.25, 0.3) is 6.08 Å². The second kappa shape index (κ2) is 9.21. The number of likely N-dealkylation sites (tertiary alicyclic amines) is 1. The quantitative estimate of drug-likeness (QED) is 0.746. The number of β-amino-alcohol motifs (C(OH)–C–C–N with tert-alkyl or cyclic N) is 1. The Morgan fingerprint density at radius 2 is 2.23 bits per heavy atom. The number of aliphatic hydroxyl groups is 1. The summed E-state index contributed by atoms with van der Waals surface area (Å²) in [5.41, 5.74) is 2.43. The first kappa shape index (κ1) is 19.0. The van der Waals surface area contributed by atoms with Crippen LogP contribution in [0.3, 0.4) is 0 Å². The molecule has 1 aromatic heterocycles. The Bertz CT molecular complexity index is 714. The van der Waals surface area contributed by atoms with Gasteiger partial charge in [-0.3, -0.25) is 4.90 Å². The number of benzene rings is 1. The number of aliphatic hydroxyl groups excluding tert-OH is 1. The predicted octanol–water partition coefficient (Wildman–Crippen LogP) is 4.37. The number of rotatable bonds is 8. The Labute approximate surface area is 159 Å². The number of ether oxygens (including phenoxy) is 2. The molecule has 1 aliphatic rings. The highest BCUT2D eigenvalue weighted by atomic mass is 32.1. The van der Waals surface area contributed by atoms with Gasteiger partial charge in [-0.2, -0.15) is 11.3 Å². The summed E-state index contributed by atoms with van der Waals surface area (Å²) in [6, 6.07) is 8.43. The van der Waals surface area contributed by atoms with E-state index in [0.717, 1.165) is 18.5 Å². The second-order valence-corrected chi connectivity index (χ2v) is 7.36. The zero-order valence-corrected chi connectivity index (χ0v) is 16.2. The zero-order chi connectivity index (χ0) is 18.4. The summed E-state index contributed by atoms with van der Waals surface area (Å²) in [7, 11) is 1.63. The van der Waals surface area contributed by atoms with Crippen LogP contribution < -0.4 is 9.47 Å². The van der Waals surface area contributed by atoms with Crippen molar-refractivity contribution in [1.82, 2.24) is 4.90 Å². The number of thiophene rings is 1. The summed E-state index contributed by atoms with van der Waals surface area (Å²) >= 11 is 1.73. The molecule has 2 heterocycles. The molecule has 1 aliphatic heterocycles. The first-order valence-electron chi connectivity index (χ1n) is 9.09. The van der Waals surface area contributed by atoms with Crippen molar-refractivity contribution in [2.45, 2.75) is 31.9 Å². The largest absolute Gasteiger partial charge is 0.493 e. The number of allylic oxidation sites excluding steroid dienone is 1. The van der Waals surface area contributed by atoms with Crippen molar-refractivity contribution in [2.24, 2.45) is 0 Å². The molecule has 4 nitrogen and oxygen atoms in total. The minimum atomic E-state index is -0.533. The first-order valence-corrected chi connectivity index (χ1v) is 10.0. The van der Waals surface area contributed by atoms with Crippen LogP contribution in [0.4, 0.5) is 0 Å². The lowest BCUT2D eigenvalue weighted by atomic mass is 10.1. The fraction of sp³-hybridized carbons (Fsp3) is 0.429. The van der Waals surface area contributed by atoms with Gasteiger partial charge in [0.15, 0.2) is 11.5 Å². The van der Waals surface area contributed by atoms with E-state index >= 15 is 0 Å². The normalized spacial score (nSPS) is 19.1. The number of hydrogen-bond acceptors (Lipinski definition) is 5. The van der Waals surface area contributed by atoms with Crippen molar-refractivity contribution in [1.29, 1.82) is 0 Å². The van der Waals surface area contributed by atoms with Gasteiger partial charge in [-0.1, -0.05) is 18.2 Å². The van der Waals surface area contributed by atoms with Crippen LogP contribution in [0.15, 0.2) is 41.1 Å². The van der Waals surface area contributed by atoms with E-state index in [9.17, 15) is 5.11 Å². The van der Waals surface area contributed by atoms with Crippen molar-refractivity contribution >= 4 is 17.4 Å². The Balaban J connectivity index is 1.56. The molecule has 0 aliphatic carbocycles. The molecule has 0 bridgehead atoms. The lowest BCUT2D eigenvalue weighted by Gasteiger charge is -2.26. The van der Waals surface area contributed by atoms with Crippen LogP contribution in [0, 0.1) is 0 Å². The molecule has 1 N–H and O–H groups in total. The average Bonchev–Trinajstić information content (AvgIpc) is 3.32. The predicted molar refractivity (Wildman–Crippen MR) is 107 cm³/mol. The molecule has 0 amide bonds. The van der Waals surface area contributed by atoms with E-state index in [1.807, 2.05) is 37.3 Å². The molecular weight excluding hydrogens is 346 g/mol. The van der Waals surface area contributed by atoms with Crippen LogP contribution in [-0.4, -0.2) is 42.9 Å². The maximum Gasteiger partial charge on any atom is 0.161 e. The molecule has 2 aromatic rings. The molecule has 26 heavy (non-hydrogen) atoms. The van der Waals surface area contributed by atoms with Crippen LogP contribution >= 0.6 is 11.3 Å². The lowest BCUT2D eigenvalue weighted by Crippen LogP contribution is -2.35. The summed E-state index contributed by atoms with van der Waals surface area (Å²) < 4.78 is 11.2. The molecule has 0 saturated carbocycles. The third kappa shape index (κ3) is 4.67. The van der Waals surface area contributed by atoms with Crippen LogP contribution in [0.2, 0.25) is 0 Å². The SMILES string of the molecule is C/C=C/c1ccc(OCC(O)CN2CCCC2c2ccsc2)c(OC)c1. The number of nitrogens with zero attached hydrogens (tertiary/aromatic N) is 1. The Hall–Kier alpha value is -1.82. The Kier molecular flexibility index (Phi) is 6.72. The van der Waals surface area contributed by atoms with Crippen LogP contribution in [0.1, 0.15) is 36.9 Å². The van der Waals surface area contributed by atoms with Crippen molar-refractivity contribution in [3.63, 3.8) is 0 Å². The van der Waals surface area contributed by atoms with Gasteiger partial charge in [0.1, 0.15) is 12.7 Å². The van der Waals surface area contributed by atoms with Gasteiger partial charge in [-0.25, -0.2) is 0 Å². The van der Waals surface area contributed by atoms with E-state index < -0.39 is 6.10 Å². The van der Waals surface area contributed by atoms with Gasteiger partial charge in [-0.05, 0) is 66.4 Å². The summed E-state index contributed by atoms with van der Waals surface area (Å²) in [4.78, 5) is 2.36. The third-order valence-electron chi connectivity index (χ3n) is 4.71. The fourth-order valence-electron chi connectivity index (χ4n) is 3.50. The standard InChI is InChI=1S/C21H27NO3S/c1-3-5-16-7-8-20(21(12-16)24-2)25-14-18(23)13-22-10-4-6-19(22)17-9-11-26-15-17/h3,5,7-9,11-12,15,18-19,23H,4,6,10,13-14H2,1-2H3/b5-3+. The van der Waals surface area contributed by atoms with Gasteiger partial charge >= 0.3 is 0 Å². The minimum Gasteiger partial charge on any atom is -0.493 e. The summed E-state index contributed by atoms with van der Waals surface area (Å²) in [6.07, 6.45) is 5.80. The zero-order valence-electron chi connectivity index (χ0n) is 15.4. The molecule has 5 heteroatoms. The molecule has 140 valence electrons. The maximum absolute atomic E-state index is 10.5.